The van der Waals surface area contributed by atoms with Gasteiger partial charge in [-0.2, -0.15) is 5.10 Å². The van der Waals surface area contributed by atoms with Gasteiger partial charge >= 0.3 is 0 Å². The highest BCUT2D eigenvalue weighted by Gasteiger charge is 2.14. The number of para-hydroxylation sites is 1. The number of carbonyl (C=O) groups is 1. The van der Waals surface area contributed by atoms with Crippen molar-refractivity contribution < 1.29 is 13.2 Å². The van der Waals surface area contributed by atoms with Crippen molar-refractivity contribution in [2.24, 2.45) is 5.10 Å². The molecule has 0 saturated heterocycles. The summed E-state index contributed by atoms with van der Waals surface area (Å²) in [6.07, 6.45) is 1.08. The second kappa shape index (κ2) is 9.62. The predicted molar refractivity (Wildman–Crippen MR) is 137 cm³/mol. The van der Waals surface area contributed by atoms with E-state index in [4.69, 9.17) is 11.6 Å². The quantitative estimate of drug-likeness (QED) is 0.289. The van der Waals surface area contributed by atoms with Crippen LogP contribution in [0.2, 0.25) is 5.02 Å². The van der Waals surface area contributed by atoms with Crippen LogP contribution >= 0.6 is 11.6 Å². The summed E-state index contributed by atoms with van der Waals surface area (Å²) in [6, 6.07) is 23.1. The minimum Gasteiger partial charge on any atom is -0.284 e. The van der Waals surface area contributed by atoms with Crippen molar-refractivity contribution >= 4 is 49.8 Å². The molecule has 0 bridgehead atoms. The highest BCUT2D eigenvalue weighted by atomic mass is 35.5. The van der Waals surface area contributed by atoms with Gasteiger partial charge in [0.15, 0.2) is 0 Å². The number of hydrazone groups is 1. The van der Waals surface area contributed by atoms with E-state index < -0.39 is 15.9 Å². The maximum absolute atomic E-state index is 13.1. The first-order chi connectivity index (χ1) is 16.2. The number of anilines is 1. The third-order valence-corrected chi connectivity index (χ3v) is 5.83. The number of nitrogens with one attached hydrogen (secondary N) is 2. The number of benzene rings is 3. The van der Waals surface area contributed by atoms with Crippen LogP contribution in [0.15, 0.2) is 84.0 Å². The molecule has 3 aromatic carbocycles. The topological polar surface area (TPSA) is 101 Å². The Kier molecular flexibility index (Phi) is 6.63. The van der Waals surface area contributed by atoms with Gasteiger partial charge in [0.1, 0.15) is 0 Å². The van der Waals surface area contributed by atoms with Gasteiger partial charge < -0.3 is 0 Å². The van der Waals surface area contributed by atoms with E-state index in [-0.39, 0.29) is 0 Å². The molecule has 0 saturated carbocycles. The van der Waals surface area contributed by atoms with Crippen molar-refractivity contribution in [2.45, 2.75) is 6.92 Å². The standard InChI is InChI=1S/C25H21ClN4O3S/c1-16(17-7-6-10-20(14-17)30-34(2,32)33)28-29-25(31)22-15-24(18-8-5-9-19(26)13-18)27-23-12-4-3-11-21(22)23/h3-15,30H,1-2H3,(H,29,31)/b28-16-. The SMILES string of the molecule is C/C(=N/NC(=O)c1cc(-c2cccc(Cl)c2)nc2ccccc12)c1cccc(NS(C)(=O)=O)c1. The molecule has 2 N–H and O–H groups in total. The van der Waals surface area contributed by atoms with Crippen LogP contribution in [0.3, 0.4) is 0 Å². The van der Waals surface area contributed by atoms with E-state index in [0.29, 0.717) is 44.1 Å². The van der Waals surface area contributed by atoms with Crippen LogP contribution in [0, 0.1) is 0 Å². The molecule has 9 heteroatoms. The first kappa shape index (κ1) is 23.4. The van der Waals surface area contributed by atoms with Crippen LogP contribution in [-0.4, -0.2) is 31.3 Å². The number of hydrogen-bond donors (Lipinski definition) is 2. The fourth-order valence-corrected chi connectivity index (χ4v) is 4.19. The summed E-state index contributed by atoms with van der Waals surface area (Å²) in [5.41, 5.74) is 6.69. The third kappa shape index (κ3) is 5.59. The van der Waals surface area contributed by atoms with Crippen LogP contribution in [0.1, 0.15) is 22.8 Å². The zero-order valence-electron chi connectivity index (χ0n) is 18.4. The first-order valence-electron chi connectivity index (χ1n) is 10.3. The van der Waals surface area contributed by atoms with E-state index in [1.165, 1.54) is 0 Å². The van der Waals surface area contributed by atoms with Crippen LogP contribution in [0.5, 0.6) is 0 Å². The van der Waals surface area contributed by atoms with E-state index in [0.717, 1.165) is 11.8 Å². The Morgan fingerprint density at radius 2 is 1.74 bits per heavy atom. The fraction of sp³-hybridized carbons (Fsp3) is 0.0800. The molecular formula is C25H21ClN4O3S. The maximum atomic E-state index is 13.1. The number of halogens is 1. The largest absolute Gasteiger partial charge is 0.284 e. The lowest BCUT2D eigenvalue weighted by molar-refractivity contribution is 0.0956. The molecule has 1 aromatic heterocycles. The Bertz CT molecular complexity index is 1530. The molecule has 0 spiro atoms. The molecule has 34 heavy (non-hydrogen) atoms. The number of rotatable bonds is 6. The Morgan fingerprint density at radius 1 is 0.971 bits per heavy atom. The summed E-state index contributed by atoms with van der Waals surface area (Å²) in [7, 11) is -3.41. The smallest absolute Gasteiger partial charge is 0.272 e. The summed E-state index contributed by atoms with van der Waals surface area (Å²) >= 11 is 6.14. The van der Waals surface area contributed by atoms with Crippen LogP contribution in [-0.2, 0) is 10.0 Å². The van der Waals surface area contributed by atoms with Crippen molar-refractivity contribution in [3.8, 4) is 11.3 Å². The zero-order chi connectivity index (χ0) is 24.3. The number of pyridine rings is 1. The van der Waals surface area contributed by atoms with E-state index >= 15 is 0 Å². The normalized spacial score (nSPS) is 11.9. The number of amides is 1. The minimum absolute atomic E-state index is 0.397. The number of sulfonamides is 1. The third-order valence-electron chi connectivity index (χ3n) is 4.99. The molecule has 7 nitrogen and oxygen atoms in total. The van der Waals surface area contributed by atoms with Crippen molar-refractivity contribution in [3.05, 3.63) is 95.0 Å². The van der Waals surface area contributed by atoms with Gasteiger partial charge in [-0.05, 0) is 48.9 Å². The maximum Gasteiger partial charge on any atom is 0.272 e. The predicted octanol–water partition coefficient (Wildman–Crippen LogP) is 5.08. The van der Waals surface area contributed by atoms with Gasteiger partial charge in [0.25, 0.3) is 5.91 Å². The van der Waals surface area contributed by atoms with Crippen molar-refractivity contribution in [2.75, 3.05) is 11.0 Å². The van der Waals surface area contributed by atoms with Gasteiger partial charge in [-0.15, -0.1) is 0 Å². The van der Waals surface area contributed by atoms with Crippen molar-refractivity contribution in [3.63, 3.8) is 0 Å². The molecule has 0 fully saturated rings. The molecule has 0 aliphatic carbocycles. The molecule has 4 rings (SSSR count). The fourth-order valence-electron chi connectivity index (χ4n) is 3.44. The number of carbonyl (C=O) groups excluding carboxylic acids is 1. The highest BCUT2D eigenvalue weighted by molar-refractivity contribution is 7.92. The molecule has 172 valence electrons. The van der Waals surface area contributed by atoms with Crippen LogP contribution in [0.4, 0.5) is 5.69 Å². The Morgan fingerprint density at radius 3 is 2.50 bits per heavy atom. The summed E-state index contributed by atoms with van der Waals surface area (Å²) in [5, 5.41) is 5.50. The average Bonchev–Trinajstić information content (AvgIpc) is 2.80. The molecule has 0 aliphatic rings. The number of hydrogen-bond acceptors (Lipinski definition) is 5. The molecular weight excluding hydrogens is 472 g/mol. The second-order valence-corrected chi connectivity index (χ2v) is 9.86. The van der Waals surface area contributed by atoms with E-state index in [9.17, 15) is 13.2 Å². The summed E-state index contributed by atoms with van der Waals surface area (Å²) in [5.74, 6) is -0.397. The Balaban J connectivity index is 1.65. The lowest BCUT2D eigenvalue weighted by Crippen LogP contribution is -2.20. The summed E-state index contributed by atoms with van der Waals surface area (Å²) in [6.45, 7) is 1.72. The molecule has 1 amide bonds. The molecule has 4 aromatic rings. The minimum atomic E-state index is -3.41. The average molecular weight is 493 g/mol. The van der Waals surface area contributed by atoms with Crippen molar-refractivity contribution in [1.29, 1.82) is 0 Å². The lowest BCUT2D eigenvalue weighted by Gasteiger charge is -2.10. The van der Waals surface area contributed by atoms with Gasteiger partial charge in [0, 0.05) is 21.7 Å². The van der Waals surface area contributed by atoms with Gasteiger partial charge in [0.2, 0.25) is 10.0 Å². The molecule has 0 radical (unpaired) electrons. The van der Waals surface area contributed by atoms with Gasteiger partial charge in [-0.3, -0.25) is 9.52 Å². The summed E-state index contributed by atoms with van der Waals surface area (Å²) in [4.78, 5) is 17.8. The summed E-state index contributed by atoms with van der Waals surface area (Å²) < 4.78 is 25.4. The van der Waals surface area contributed by atoms with Crippen LogP contribution < -0.4 is 10.1 Å². The molecule has 0 atom stereocenters. The van der Waals surface area contributed by atoms with E-state index in [1.54, 1.807) is 49.4 Å². The Labute approximate surface area is 202 Å². The van der Waals surface area contributed by atoms with Gasteiger partial charge in [0.05, 0.1) is 28.7 Å². The van der Waals surface area contributed by atoms with Crippen LogP contribution in [0.25, 0.3) is 22.2 Å². The number of aromatic nitrogens is 1. The highest BCUT2D eigenvalue weighted by Crippen LogP contribution is 2.26. The second-order valence-electron chi connectivity index (χ2n) is 7.68. The molecule has 0 aliphatic heterocycles. The van der Waals surface area contributed by atoms with Gasteiger partial charge in [-0.25, -0.2) is 18.8 Å². The molecule has 1 heterocycles. The Hall–Kier alpha value is -3.75. The van der Waals surface area contributed by atoms with Crippen molar-refractivity contribution in [1.82, 2.24) is 10.4 Å². The molecule has 0 unspecified atom stereocenters. The van der Waals surface area contributed by atoms with Gasteiger partial charge in [-0.1, -0.05) is 54.1 Å². The number of nitrogens with zero attached hydrogens (tertiary/aromatic N) is 2. The number of fused-ring (bicyclic) bond motifs is 1. The first-order valence-corrected chi connectivity index (χ1v) is 12.6. The zero-order valence-corrected chi connectivity index (χ0v) is 20.0. The van der Waals surface area contributed by atoms with E-state index in [2.05, 4.69) is 20.2 Å². The van der Waals surface area contributed by atoms with E-state index in [1.807, 2.05) is 36.4 Å². The monoisotopic (exact) mass is 492 g/mol. The lowest BCUT2D eigenvalue weighted by atomic mass is 10.0.